The molecule has 0 aliphatic carbocycles. The Kier molecular flexibility index (Phi) is 3.85. The van der Waals surface area contributed by atoms with Crippen LogP contribution in [0.15, 0.2) is 29.2 Å². The molecule has 126 valence electrons. The van der Waals surface area contributed by atoms with Gasteiger partial charge < -0.3 is 14.0 Å². The standard InChI is InChI=1S/C14H15N5O4S/c1-19-10-11(17-14(23-3)18-13(10)22-2)16-12(19)8-6-4-5-7-9(8)24(15,20)21/h4-7H,1-3H3,(H2,15,20,21). The lowest BCUT2D eigenvalue weighted by Crippen LogP contribution is -2.14. The smallest absolute Gasteiger partial charge is 0.321 e. The second-order valence-electron chi connectivity index (χ2n) is 4.93. The number of fused-ring (bicyclic) bond motifs is 1. The third-order valence-corrected chi connectivity index (χ3v) is 4.46. The normalized spacial score (nSPS) is 11.7. The van der Waals surface area contributed by atoms with Crippen molar-refractivity contribution in [1.82, 2.24) is 19.5 Å². The molecule has 0 unspecified atom stereocenters. The van der Waals surface area contributed by atoms with Crippen molar-refractivity contribution in [3.63, 3.8) is 0 Å². The molecule has 24 heavy (non-hydrogen) atoms. The first kappa shape index (κ1) is 16.1. The average Bonchev–Trinajstić information content (AvgIpc) is 2.90. The van der Waals surface area contributed by atoms with Crippen molar-refractivity contribution in [2.75, 3.05) is 14.2 Å². The SMILES string of the molecule is COc1nc(OC)c2c(n1)nc(-c1ccccc1S(N)(=O)=O)n2C. The third-order valence-electron chi connectivity index (χ3n) is 3.49. The van der Waals surface area contributed by atoms with Gasteiger partial charge in [-0.25, -0.2) is 18.5 Å². The minimum absolute atomic E-state index is 0.0257. The van der Waals surface area contributed by atoms with E-state index >= 15 is 0 Å². The van der Waals surface area contributed by atoms with Gasteiger partial charge in [0.1, 0.15) is 5.82 Å². The maximum absolute atomic E-state index is 11.8. The van der Waals surface area contributed by atoms with E-state index in [1.54, 1.807) is 29.8 Å². The van der Waals surface area contributed by atoms with Gasteiger partial charge in [0.05, 0.1) is 19.1 Å². The maximum atomic E-state index is 11.8. The first-order valence-electron chi connectivity index (χ1n) is 6.81. The van der Waals surface area contributed by atoms with Crippen LogP contribution in [0.3, 0.4) is 0 Å². The fourth-order valence-electron chi connectivity index (χ4n) is 2.43. The monoisotopic (exact) mass is 349 g/mol. The lowest BCUT2D eigenvalue weighted by atomic mass is 10.2. The van der Waals surface area contributed by atoms with Crippen LogP contribution in [0.2, 0.25) is 0 Å². The fourth-order valence-corrected chi connectivity index (χ4v) is 3.16. The van der Waals surface area contributed by atoms with Crippen LogP contribution < -0.4 is 14.6 Å². The lowest BCUT2D eigenvalue weighted by molar-refractivity contribution is 0.356. The largest absolute Gasteiger partial charge is 0.479 e. The maximum Gasteiger partial charge on any atom is 0.321 e. The highest BCUT2D eigenvalue weighted by molar-refractivity contribution is 7.89. The van der Waals surface area contributed by atoms with Crippen LogP contribution in [0, 0.1) is 0 Å². The zero-order chi connectivity index (χ0) is 17.5. The molecular weight excluding hydrogens is 334 g/mol. The highest BCUT2D eigenvalue weighted by Crippen LogP contribution is 2.31. The molecule has 0 fully saturated rings. The van der Waals surface area contributed by atoms with Crippen molar-refractivity contribution in [3.05, 3.63) is 24.3 Å². The average molecular weight is 349 g/mol. The molecule has 3 rings (SSSR count). The molecular formula is C14H15N5O4S. The molecule has 0 amide bonds. The van der Waals surface area contributed by atoms with Crippen molar-refractivity contribution >= 4 is 21.2 Å². The van der Waals surface area contributed by atoms with Crippen LogP contribution in [-0.2, 0) is 17.1 Å². The van der Waals surface area contributed by atoms with E-state index < -0.39 is 10.0 Å². The summed E-state index contributed by atoms with van der Waals surface area (Å²) in [4.78, 5) is 12.7. The number of hydrogen-bond acceptors (Lipinski definition) is 7. The fraction of sp³-hybridized carbons (Fsp3) is 0.214. The van der Waals surface area contributed by atoms with Crippen LogP contribution in [0.1, 0.15) is 0 Å². The van der Waals surface area contributed by atoms with E-state index in [0.29, 0.717) is 22.6 Å². The Morgan fingerprint density at radius 2 is 1.79 bits per heavy atom. The van der Waals surface area contributed by atoms with Gasteiger partial charge in [-0.05, 0) is 12.1 Å². The molecule has 0 saturated heterocycles. The second kappa shape index (κ2) is 5.73. The molecule has 0 atom stereocenters. The van der Waals surface area contributed by atoms with Crippen LogP contribution in [0.5, 0.6) is 11.9 Å². The van der Waals surface area contributed by atoms with Gasteiger partial charge in [0, 0.05) is 12.6 Å². The summed E-state index contributed by atoms with van der Waals surface area (Å²) in [6, 6.07) is 6.44. The van der Waals surface area contributed by atoms with Crippen LogP contribution >= 0.6 is 0 Å². The van der Waals surface area contributed by atoms with Gasteiger partial charge in [-0.15, -0.1) is 0 Å². The van der Waals surface area contributed by atoms with Crippen LogP contribution in [0.4, 0.5) is 0 Å². The number of primary sulfonamides is 1. The van der Waals surface area contributed by atoms with Gasteiger partial charge in [0.15, 0.2) is 11.2 Å². The molecule has 3 aromatic rings. The quantitative estimate of drug-likeness (QED) is 0.735. The summed E-state index contributed by atoms with van der Waals surface area (Å²) in [5, 5.41) is 5.30. The van der Waals surface area contributed by atoms with E-state index in [1.807, 2.05) is 0 Å². The topological polar surface area (TPSA) is 122 Å². The molecule has 0 aliphatic heterocycles. The van der Waals surface area contributed by atoms with Gasteiger partial charge in [-0.3, -0.25) is 0 Å². The number of hydrogen-bond donors (Lipinski definition) is 1. The van der Waals surface area contributed by atoms with E-state index in [2.05, 4.69) is 15.0 Å². The second-order valence-corrected chi connectivity index (χ2v) is 6.46. The molecule has 9 nitrogen and oxygen atoms in total. The number of nitrogens with two attached hydrogens (primary N) is 1. The highest BCUT2D eigenvalue weighted by atomic mass is 32.2. The van der Waals surface area contributed by atoms with E-state index in [9.17, 15) is 8.42 Å². The summed E-state index contributed by atoms with van der Waals surface area (Å²) in [5.41, 5.74) is 1.19. The summed E-state index contributed by atoms with van der Waals surface area (Å²) >= 11 is 0. The first-order valence-corrected chi connectivity index (χ1v) is 8.36. The molecule has 0 spiro atoms. The summed E-state index contributed by atoms with van der Waals surface area (Å²) in [6.45, 7) is 0. The zero-order valence-electron chi connectivity index (χ0n) is 13.2. The Morgan fingerprint density at radius 1 is 1.08 bits per heavy atom. The van der Waals surface area contributed by atoms with Crippen LogP contribution in [-0.4, -0.2) is 42.2 Å². The Bertz CT molecular complexity index is 1030. The molecule has 2 aromatic heterocycles. The molecule has 1 aromatic carbocycles. The number of aryl methyl sites for hydroxylation is 1. The molecule has 10 heteroatoms. The van der Waals surface area contributed by atoms with E-state index in [4.69, 9.17) is 14.6 Å². The van der Waals surface area contributed by atoms with Gasteiger partial charge in [-0.1, -0.05) is 12.1 Å². The Hall–Kier alpha value is -2.72. The summed E-state index contributed by atoms with van der Waals surface area (Å²) in [6.07, 6.45) is 0. The molecule has 0 saturated carbocycles. The number of sulfonamides is 1. The number of imidazole rings is 1. The molecule has 0 bridgehead atoms. The van der Waals surface area contributed by atoms with Crippen molar-refractivity contribution < 1.29 is 17.9 Å². The van der Waals surface area contributed by atoms with E-state index in [0.717, 1.165) is 0 Å². The molecule has 0 radical (unpaired) electrons. The number of benzene rings is 1. The van der Waals surface area contributed by atoms with Crippen LogP contribution in [0.25, 0.3) is 22.6 Å². The van der Waals surface area contributed by atoms with Gasteiger partial charge in [-0.2, -0.15) is 9.97 Å². The lowest BCUT2D eigenvalue weighted by Gasteiger charge is -2.08. The Balaban J connectivity index is 2.36. The van der Waals surface area contributed by atoms with Crippen molar-refractivity contribution in [2.24, 2.45) is 12.2 Å². The molecule has 2 heterocycles. The Morgan fingerprint density at radius 3 is 2.42 bits per heavy atom. The number of methoxy groups -OCH3 is 2. The molecule has 0 aliphatic rings. The summed E-state index contributed by atoms with van der Waals surface area (Å²) < 4.78 is 35.6. The van der Waals surface area contributed by atoms with E-state index in [-0.39, 0.29) is 16.8 Å². The van der Waals surface area contributed by atoms with Crippen molar-refractivity contribution in [2.45, 2.75) is 4.90 Å². The Labute approximate surface area is 138 Å². The summed E-state index contributed by atoms with van der Waals surface area (Å²) in [5.74, 6) is 0.640. The van der Waals surface area contributed by atoms with Gasteiger partial charge >= 0.3 is 6.01 Å². The van der Waals surface area contributed by atoms with Gasteiger partial charge in [0.25, 0.3) is 0 Å². The van der Waals surface area contributed by atoms with Gasteiger partial charge in [0.2, 0.25) is 15.9 Å². The minimum atomic E-state index is -3.91. The van der Waals surface area contributed by atoms with Crippen molar-refractivity contribution in [1.29, 1.82) is 0 Å². The summed E-state index contributed by atoms with van der Waals surface area (Å²) in [7, 11) is 0.697. The number of aromatic nitrogens is 4. The zero-order valence-corrected chi connectivity index (χ0v) is 14.0. The number of rotatable bonds is 4. The first-order chi connectivity index (χ1) is 11.4. The minimum Gasteiger partial charge on any atom is -0.479 e. The molecule has 2 N–H and O–H groups in total. The number of ether oxygens (including phenoxy) is 2. The van der Waals surface area contributed by atoms with E-state index in [1.165, 1.54) is 20.3 Å². The highest BCUT2D eigenvalue weighted by Gasteiger charge is 2.22. The van der Waals surface area contributed by atoms with Crippen molar-refractivity contribution in [3.8, 4) is 23.3 Å². The third kappa shape index (κ3) is 2.55. The predicted octanol–water partition coefficient (Wildman–Crippen LogP) is 0.695. The predicted molar refractivity (Wildman–Crippen MR) is 86.2 cm³/mol. The number of nitrogens with zero attached hydrogens (tertiary/aromatic N) is 4.